The zero-order chi connectivity index (χ0) is 18.9. The highest BCUT2D eigenvalue weighted by Crippen LogP contribution is 2.36. The molecule has 0 radical (unpaired) electrons. The normalized spacial score (nSPS) is 14.5. The summed E-state index contributed by atoms with van der Waals surface area (Å²) in [6.45, 7) is 5.98. The second kappa shape index (κ2) is 7.09. The monoisotopic (exact) mass is 369 g/mol. The Morgan fingerprint density at radius 3 is 2.54 bits per heavy atom. The van der Waals surface area contributed by atoms with E-state index >= 15 is 0 Å². The van der Waals surface area contributed by atoms with E-state index in [1.54, 1.807) is 6.33 Å². The standard InChI is InChI=1S/C23H23N5/c1-17-6-5-9-19(14-17)28-15-20(18-7-3-2-4-8-18)21-22(25-16-26-23(21)28)27-12-10-24-11-13-27/h2-9,14-16,24H,10-13H2,1H3. The highest BCUT2D eigenvalue weighted by Gasteiger charge is 2.21. The van der Waals surface area contributed by atoms with Crippen molar-refractivity contribution >= 4 is 16.9 Å². The summed E-state index contributed by atoms with van der Waals surface area (Å²) in [6.07, 6.45) is 3.90. The van der Waals surface area contributed by atoms with Crippen LogP contribution < -0.4 is 10.2 Å². The van der Waals surface area contributed by atoms with Gasteiger partial charge in [-0.05, 0) is 30.2 Å². The fourth-order valence-corrected chi connectivity index (χ4v) is 3.97. The van der Waals surface area contributed by atoms with E-state index in [4.69, 9.17) is 9.97 Å². The van der Waals surface area contributed by atoms with Crippen LogP contribution in [0.3, 0.4) is 0 Å². The van der Waals surface area contributed by atoms with Crippen molar-refractivity contribution in [3.05, 3.63) is 72.7 Å². The number of benzene rings is 2. The highest BCUT2D eigenvalue weighted by atomic mass is 15.2. The Labute approximate surface area is 164 Å². The van der Waals surface area contributed by atoms with Crippen molar-refractivity contribution in [3.63, 3.8) is 0 Å². The summed E-state index contributed by atoms with van der Waals surface area (Å²) in [4.78, 5) is 11.8. The average molecular weight is 369 g/mol. The molecule has 5 heteroatoms. The molecule has 140 valence electrons. The Morgan fingerprint density at radius 1 is 0.929 bits per heavy atom. The third kappa shape index (κ3) is 2.94. The van der Waals surface area contributed by atoms with Gasteiger partial charge in [0, 0.05) is 43.6 Å². The van der Waals surface area contributed by atoms with Crippen molar-refractivity contribution in [1.82, 2.24) is 19.9 Å². The summed E-state index contributed by atoms with van der Waals surface area (Å²) < 4.78 is 2.19. The maximum absolute atomic E-state index is 4.71. The van der Waals surface area contributed by atoms with Crippen LogP contribution in [0.5, 0.6) is 0 Å². The van der Waals surface area contributed by atoms with Crippen LogP contribution in [-0.2, 0) is 0 Å². The molecule has 1 aliphatic heterocycles. The Balaban J connectivity index is 1.79. The van der Waals surface area contributed by atoms with E-state index in [0.29, 0.717) is 0 Å². The minimum Gasteiger partial charge on any atom is -0.353 e. The van der Waals surface area contributed by atoms with Gasteiger partial charge in [0.2, 0.25) is 0 Å². The first-order valence-electron chi connectivity index (χ1n) is 9.75. The van der Waals surface area contributed by atoms with Crippen LogP contribution in [0.15, 0.2) is 67.1 Å². The first-order valence-corrected chi connectivity index (χ1v) is 9.75. The fraction of sp³-hybridized carbons (Fsp3) is 0.217. The largest absolute Gasteiger partial charge is 0.353 e. The van der Waals surface area contributed by atoms with Crippen LogP contribution >= 0.6 is 0 Å². The van der Waals surface area contributed by atoms with Crippen LogP contribution in [-0.4, -0.2) is 40.7 Å². The van der Waals surface area contributed by atoms with E-state index in [0.717, 1.165) is 48.7 Å². The second-order valence-electron chi connectivity index (χ2n) is 7.25. The molecule has 2 aromatic carbocycles. The summed E-state index contributed by atoms with van der Waals surface area (Å²) in [5.41, 5.74) is 5.67. The molecule has 0 unspecified atom stereocenters. The number of aryl methyl sites for hydroxylation is 1. The first-order chi connectivity index (χ1) is 13.8. The first kappa shape index (κ1) is 17.0. The highest BCUT2D eigenvalue weighted by molar-refractivity contribution is 6.02. The Morgan fingerprint density at radius 2 is 1.75 bits per heavy atom. The SMILES string of the molecule is Cc1cccc(-n2cc(-c3ccccc3)c3c(N4CCNCC4)ncnc32)c1. The van der Waals surface area contributed by atoms with E-state index in [1.165, 1.54) is 16.7 Å². The van der Waals surface area contributed by atoms with E-state index in [1.807, 2.05) is 0 Å². The second-order valence-corrected chi connectivity index (χ2v) is 7.25. The number of nitrogens with zero attached hydrogens (tertiary/aromatic N) is 4. The molecular weight excluding hydrogens is 346 g/mol. The number of anilines is 1. The summed E-state index contributed by atoms with van der Waals surface area (Å²) in [7, 11) is 0. The van der Waals surface area contributed by atoms with Gasteiger partial charge in [-0.25, -0.2) is 9.97 Å². The van der Waals surface area contributed by atoms with Gasteiger partial charge in [-0.1, -0.05) is 42.5 Å². The van der Waals surface area contributed by atoms with Gasteiger partial charge in [0.05, 0.1) is 5.39 Å². The molecule has 4 aromatic rings. The average Bonchev–Trinajstić information content (AvgIpc) is 3.15. The van der Waals surface area contributed by atoms with E-state index in [9.17, 15) is 0 Å². The van der Waals surface area contributed by atoms with Gasteiger partial charge in [0.1, 0.15) is 12.1 Å². The summed E-state index contributed by atoms with van der Waals surface area (Å²) in [5.74, 6) is 1.02. The van der Waals surface area contributed by atoms with Crippen LogP contribution in [0.1, 0.15) is 5.56 Å². The van der Waals surface area contributed by atoms with Crippen LogP contribution in [0, 0.1) is 6.92 Å². The topological polar surface area (TPSA) is 46.0 Å². The third-order valence-electron chi connectivity index (χ3n) is 5.34. The summed E-state index contributed by atoms with van der Waals surface area (Å²) in [5, 5.41) is 4.55. The lowest BCUT2D eigenvalue weighted by Gasteiger charge is -2.29. The Kier molecular flexibility index (Phi) is 4.29. The van der Waals surface area contributed by atoms with E-state index < -0.39 is 0 Å². The predicted octanol–water partition coefficient (Wildman–Crippen LogP) is 3.81. The molecule has 1 aliphatic rings. The molecule has 28 heavy (non-hydrogen) atoms. The van der Waals surface area contributed by atoms with Gasteiger partial charge >= 0.3 is 0 Å². The van der Waals surface area contributed by atoms with Crippen molar-refractivity contribution < 1.29 is 0 Å². The third-order valence-corrected chi connectivity index (χ3v) is 5.34. The number of nitrogens with one attached hydrogen (secondary N) is 1. The fourth-order valence-electron chi connectivity index (χ4n) is 3.97. The van der Waals surface area contributed by atoms with Crippen molar-refractivity contribution in [1.29, 1.82) is 0 Å². The van der Waals surface area contributed by atoms with Gasteiger partial charge in [-0.15, -0.1) is 0 Å². The lowest BCUT2D eigenvalue weighted by molar-refractivity contribution is 0.586. The van der Waals surface area contributed by atoms with Crippen LogP contribution in [0.25, 0.3) is 27.8 Å². The van der Waals surface area contributed by atoms with Crippen LogP contribution in [0.2, 0.25) is 0 Å². The van der Waals surface area contributed by atoms with E-state index in [-0.39, 0.29) is 0 Å². The smallest absolute Gasteiger partial charge is 0.150 e. The lowest BCUT2D eigenvalue weighted by Crippen LogP contribution is -2.44. The van der Waals surface area contributed by atoms with Crippen molar-refractivity contribution in [2.45, 2.75) is 6.92 Å². The number of fused-ring (bicyclic) bond motifs is 1. The van der Waals surface area contributed by atoms with Gasteiger partial charge in [-0.3, -0.25) is 0 Å². The van der Waals surface area contributed by atoms with Crippen molar-refractivity contribution in [2.75, 3.05) is 31.1 Å². The summed E-state index contributed by atoms with van der Waals surface area (Å²) >= 11 is 0. The Hall–Kier alpha value is -3.18. The number of hydrogen-bond acceptors (Lipinski definition) is 4. The molecule has 0 saturated carbocycles. The molecule has 5 nitrogen and oxygen atoms in total. The molecule has 0 atom stereocenters. The molecule has 1 fully saturated rings. The molecule has 3 heterocycles. The minimum absolute atomic E-state index is 0.952. The number of aromatic nitrogens is 3. The van der Waals surface area contributed by atoms with Gasteiger partial charge in [0.25, 0.3) is 0 Å². The van der Waals surface area contributed by atoms with Gasteiger partial charge in [-0.2, -0.15) is 0 Å². The van der Waals surface area contributed by atoms with Crippen LogP contribution in [0.4, 0.5) is 5.82 Å². The molecule has 0 bridgehead atoms. The number of piperazine rings is 1. The lowest BCUT2D eigenvalue weighted by atomic mass is 10.1. The maximum atomic E-state index is 4.71. The molecule has 1 saturated heterocycles. The minimum atomic E-state index is 0.952. The molecule has 5 rings (SSSR count). The molecular formula is C23H23N5. The zero-order valence-electron chi connectivity index (χ0n) is 16.0. The molecule has 2 aromatic heterocycles. The molecule has 0 amide bonds. The van der Waals surface area contributed by atoms with Gasteiger partial charge < -0.3 is 14.8 Å². The van der Waals surface area contributed by atoms with Crippen molar-refractivity contribution in [2.24, 2.45) is 0 Å². The predicted molar refractivity (Wildman–Crippen MR) is 114 cm³/mol. The maximum Gasteiger partial charge on any atom is 0.150 e. The molecule has 0 aliphatic carbocycles. The number of hydrogen-bond donors (Lipinski definition) is 1. The van der Waals surface area contributed by atoms with E-state index in [2.05, 4.69) is 82.5 Å². The van der Waals surface area contributed by atoms with Crippen molar-refractivity contribution in [3.8, 4) is 16.8 Å². The molecule has 1 N–H and O–H groups in total. The zero-order valence-corrected chi connectivity index (χ0v) is 16.0. The Bertz CT molecular complexity index is 1110. The summed E-state index contributed by atoms with van der Waals surface area (Å²) in [6, 6.07) is 19.1. The number of rotatable bonds is 3. The van der Waals surface area contributed by atoms with Gasteiger partial charge in [0.15, 0.2) is 5.65 Å². The quantitative estimate of drug-likeness (QED) is 0.597. The molecule has 0 spiro atoms.